The number of carbonyl (C=O) groups excluding carboxylic acids is 1. The van der Waals surface area contributed by atoms with Gasteiger partial charge in [-0.2, -0.15) is 0 Å². The van der Waals surface area contributed by atoms with Crippen molar-refractivity contribution < 1.29 is 4.79 Å². The second-order valence-electron chi connectivity index (χ2n) is 10.6. The Morgan fingerprint density at radius 3 is 2.33 bits per heavy atom. The molecule has 2 amide bonds. The van der Waals surface area contributed by atoms with E-state index < -0.39 is 6.03 Å². The fourth-order valence-electron chi connectivity index (χ4n) is 5.80. The molecular formula is C33H36Cl3N3O. The number of fused-ring (bicyclic) bond motifs is 1. The van der Waals surface area contributed by atoms with Crippen LogP contribution in [0.15, 0.2) is 91.0 Å². The molecule has 1 atom stereocenters. The highest BCUT2D eigenvalue weighted by Crippen LogP contribution is 2.33. The lowest BCUT2D eigenvalue weighted by Crippen LogP contribution is -2.40. The smallest absolute Gasteiger partial charge is 0.319 e. The third-order valence-electron chi connectivity index (χ3n) is 8.01. The Morgan fingerprint density at radius 2 is 1.60 bits per heavy atom. The van der Waals surface area contributed by atoms with Gasteiger partial charge in [0.05, 0.1) is 15.7 Å². The Balaban J connectivity index is 0.00000370. The summed E-state index contributed by atoms with van der Waals surface area (Å²) < 4.78 is 0. The molecule has 4 aromatic rings. The highest BCUT2D eigenvalue weighted by atomic mass is 35.5. The number of rotatable bonds is 9. The van der Waals surface area contributed by atoms with Crippen molar-refractivity contribution in [1.82, 2.24) is 4.90 Å². The van der Waals surface area contributed by atoms with Crippen molar-refractivity contribution in [2.24, 2.45) is 11.7 Å². The van der Waals surface area contributed by atoms with Gasteiger partial charge in [0.25, 0.3) is 0 Å². The van der Waals surface area contributed by atoms with Crippen LogP contribution in [0.4, 0.5) is 10.5 Å². The molecule has 1 unspecified atom stereocenters. The van der Waals surface area contributed by atoms with Crippen LogP contribution >= 0.6 is 35.6 Å². The van der Waals surface area contributed by atoms with Crippen LogP contribution in [0, 0.1) is 5.92 Å². The largest absolute Gasteiger partial charge is 0.351 e. The summed E-state index contributed by atoms with van der Waals surface area (Å²) in [5.41, 5.74) is 9.30. The Labute approximate surface area is 253 Å². The van der Waals surface area contributed by atoms with Crippen LogP contribution in [-0.2, 0) is 6.42 Å². The molecule has 1 fully saturated rings. The predicted molar refractivity (Wildman–Crippen MR) is 171 cm³/mol. The van der Waals surface area contributed by atoms with Crippen molar-refractivity contribution in [3.63, 3.8) is 0 Å². The van der Waals surface area contributed by atoms with Crippen LogP contribution in [0.5, 0.6) is 0 Å². The van der Waals surface area contributed by atoms with Gasteiger partial charge in [0, 0.05) is 17.8 Å². The van der Waals surface area contributed by atoms with Gasteiger partial charge in [0.2, 0.25) is 0 Å². The summed E-state index contributed by atoms with van der Waals surface area (Å²) in [6.07, 6.45) is 4.44. The van der Waals surface area contributed by atoms with E-state index in [1.165, 1.54) is 18.4 Å². The third kappa shape index (κ3) is 7.50. The van der Waals surface area contributed by atoms with Crippen molar-refractivity contribution >= 4 is 58.1 Å². The standard InChI is InChI=1S/C33H35Cl2N3O.ClH/c34-30-14-13-27(22-31(30)35)28(17-20-37-18-15-25(16-19-37)21-24-7-2-1-3-8-24)23-38(33(36)39)32-12-6-10-26-9-4-5-11-29(26)32;/h1-14,22,25,28H,15-21,23H2,(H2,36,39);1H. The first-order valence-electron chi connectivity index (χ1n) is 13.7. The van der Waals surface area contributed by atoms with Crippen molar-refractivity contribution in [3.05, 3.63) is 112 Å². The Morgan fingerprint density at radius 1 is 0.900 bits per heavy atom. The molecule has 0 aromatic heterocycles. The van der Waals surface area contributed by atoms with Gasteiger partial charge in [0.1, 0.15) is 0 Å². The quantitative estimate of drug-likeness (QED) is 0.210. The fourth-order valence-corrected chi connectivity index (χ4v) is 6.11. The first-order chi connectivity index (χ1) is 19.0. The van der Waals surface area contributed by atoms with Gasteiger partial charge in [0.15, 0.2) is 0 Å². The maximum Gasteiger partial charge on any atom is 0.319 e. The molecule has 210 valence electrons. The monoisotopic (exact) mass is 595 g/mol. The maximum absolute atomic E-state index is 12.8. The van der Waals surface area contributed by atoms with Crippen LogP contribution in [0.2, 0.25) is 10.0 Å². The number of amides is 2. The van der Waals surface area contributed by atoms with Crippen LogP contribution in [-0.4, -0.2) is 37.1 Å². The van der Waals surface area contributed by atoms with E-state index in [-0.39, 0.29) is 18.3 Å². The molecule has 40 heavy (non-hydrogen) atoms. The molecule has 1 aliphatic heterocycles. The molecule has 0 aliphatic carbocycles. The zero-order valence-electron chi connectivity index (χ0n) is 22.5. The summed E-state index contributed by atoms with van der Waals surface area (Å²) in [5.74, 6) is 0.777. The van der Waals surface area contributed by atoms with Crippen LogP contribution in [0.1, 0.15) is 36.3 Å². The van der Waals surface area contributed by atoms with E-state index in [0.29, 0.717) is 16.6 Å². The van der Waals surface area contributed by atoms with Gasteiger partial charge < -0.3 is 10.6 Å². The summed E-state index contributed by atoms with van der Waals surface area (Å²) in [7, 11) is 0. The normalized spacial score (nSPS) is 14.9. The van der Waals surface area contributed by atoms with Crippen molar-refractivity contribution in [3.8, 4) is 0 Å². The summed E-state index contributed by atoms with van der Waals surface area (Å²) in [4.78, 5) is 17.1. The Kier molecular flexibility index (Phi) is 10.7. The number of likely N-dealkylation sites (tertiary alicyclic amines) is 1. The summed E-state index contributed by atoms with van der Waals surface area (Å²) in [5, 5.41) is 3.13. The second-order valence-corrected chi connectivity index (χ2v) is 11.4. The average Bonchev–Trinajstić information content (AvgIpc) is 2.96. The minimum atomic E-state index is -0.460. The van der Waals surface area contributed by atoms with Gasteiger partial charge in [-0.3, -0.25) is 4.90 Å². The fraction of sp³-hybridized carbons (Fsp3) is 0.303. The molecular weight excluding hydrogens is 561 g/mol. The summed E-state index contributed by atoms with van der Waals surface area (Å²) in [6.45, 7) is 3.60. The van der Waals surface area contributed by atoms with Crippen molar-refractivity contribution in [2.45, 2.75) is 31.6 Å². The minimum Gasteiger partial charge on any atom is -0.351 e. The molecule has 1 heterocycles. The number of hydrogen-bond acceptors (Lipinski definition) is 2. The number of urea groups is 1. The van der Waals surface area contributed by atoms with Crippen molar-refractivity contribution in [1.29, 1.82) is 0 Å². The van der Waals surface area contributed by atoms with Gasteiger partial charge in [-0.25, -0.2) is 4.79 Å². The van der Waals surface area contributed by atoms with E-state index in [4.69, 9.17) is 28.9 Å². The minimum absolute atomic E-state index is 0. The first kappa shape index (κ1) is 30.2. The van der Waals surface area contributed by atoms with Gasteiger partial charge >= 0.3 is 6.03 Å². The highest BCUT2D eigenvalue weighted by Gasteiger charge is 2.25. The molecule has 0 radical (unpaired) electrons. The number of halogens is 3. The molecule has 4 nitrogen and oxygen atoms in total. The number of anilines is 1. The number of nitrogens with two attached hydrogens (primary N) is 1. The zero-order valence-corrected chi connectivity index (χ0v) is 24.8. The van der Waals surface area contributed by atoms with E-state index in [2.05, 4.69) is 47.4 Å². The molecule has 7 heteroatoms. The highest BCUT2D eigenvalue weighted by molar-refractivity contribution is 6.42. The summed E-state index contributed by atoms with van der Waals surface area (Å²) >= 11 is 12.7. The van der Waals surface area contributed by atoms with Gasteiger partial charge in [-0.15, -0.1) is 12.4 Å². The zero-order chi connectivity index (χ0) is 27.2. The number of benzene rings is 4. The van der Waals surface area contributed by atoms with E-state index in [0.717, 1.165) is 60.4 Å². The number of carbonyl (C=O) groups is 1. The average molecular weight is 597 g/mol. The molecule has 5 rings (SSSR count). The number of hydrogen-bond donors (Lipinski definition) is 1. The van der Waals surface area contributed by atoms with E-state index in [1.807, 2.05) is 48.5 Å². The molecule has 0 bridgehead atoms. The van der Waals surface area contributed by atoms with Crippen LogP contribution in [0.25, 0.3) is 10.8 Å². The predicted octanol–water partition coefficient (Wildman–Crippen LogP) is 8.58. The molecule has 2 N–H and O–H groups in total. The van der Waals surface area contributed by atoms with Crippen molar-refractivity contribution in [2.75, 3.05) is 31.1 Å². The van der Waals surface area contributed by atoms with Crippen LogP contribution < -0.4 is 10.6 Å². The maximum atomic E-state index is 12.8. The SMILES string of the molecule is Cl.NC(=O)N(CC(CCN1CCC(Cc2ccccc2)CC1)c1ccc(Cl)c(Cl)c1)c1cccc2ccccc12. The molecule has 1 aliphatic rings. The molecule has 0 saturated carbocycles. The lowest BCUT2D eigenvalue weighted by atomic mass is 9.89. The van der Waals surface area contributed by atoms with E-state index in [1.54, 1.807) is 4.90 Å². The number of primary amides is 1. The van der Waals surface area contributed by atoms with E-state index >= 15 is 0 Å². The Bertz CT molecular complexity index is 1400. The molecule has 4 aromatic carbocycles. The lowest BCUT2D eigenvalue weighted by Gasteiger charge is -2.34. The number of piperidine rings is 1. The molecule has 0 spiro atoms. The molecule has 1 saturated heterocycles. The number of nitrogens with zero attached hydrogens (tertiary/aromatic N) is 2. The van der Waals surface area contributed by atoms with Gasteiger partial charge in [-0.1, -0.05) is 96.0 Å². The van der Waals surface area contributed by atoms with Crippen LogP contribution in [0.3, 0.4) is 0 Å². The Hall–Kier alpha value is -2.76. The third-order valence-corrected chi connectivity index (χ3v) is 8.75. The van der Waals surface area contributed by atoms with Gasteiger partial charge in [-0.05, 0) is 85.9 Å². The van der Waals surface area contributed by atoms with E-state index in [9.17, 15) is 4.79 Å². The topological polar surface area (TPSA) is 49.6 Å². The summed E-state index contributed by atoms with van der Waals surface area (Å²) in [6, 6.07) is 30.2. The lowest BCUT2D eigenvalue weighted by molar-refractivity contribution is 0.179. The first-order valence-corrected chi connectivity index (χ1v) is 14.5. The second kappa shape index (κ2) is 14.2.